The topological polar surface area (TPSA) is 119 Å². The van der Waals surface area contributed by atoms with Crippen LogP contribution in [0.4, 0.5) is 17.6 Å². The van der Waals surface area contributed by atoms with E-state index in [4.69, 9.17) is 23.2 Å². The molecule has 0 aliphatic carbocycles. The second kappa shape index (κ2) is 11.4. The predicted octanol–water partition coefficient (Wildman–Crippen LogP) is 5.23. The fourth-order valence-electron chi connectivity index (χ4n) is 4.65. The van der Waals surface area contributed by atoms with Gasteiger partial charge in [-0.25, -0.2) is 8.78 Å². The Morgan fingerprint density at radius 3 is 2.44 bits per heavy atom. The van der Waals surface area contributed by atoms with Crippen LogP contribution < -0.4 is 4.73 Å². The summed E-state index contributed by atoms with van der Waals surface area (Å²) in [5.74, 6) is -1.24. The van der Waals surface area contributed by atoms with Gasteiger partial charge in [0, 0.05) is 24.2 Å². The first-order valence-corrected chi connectivity index (χ1v) is 13.1. The molecule has 0 fully saturated rings. The third-order valence-electron chi connectivity index (χ3n) is 6.62. The zero-order chi connectivity index (χ0) is 30.2. The molecule has 0 saturated heterocycles. The molecule has 0 radical (unpaired) electrons. The van der Waals surface area contributed by atoms with Crippen molar-refractivity contribution in [1.29, 1.82) is 0 Å². The van der Waals surface area contributed by atoms with E-state index in [0.717, 1.165) is 6.20 Å². The Balaban J connectivity index is 1.45. The van der Waals surface area contributed by atoms with Crippen LogP contribution in [0, 0.1) is 16.8 Å². The molecular formula is C26H16Cl2F4N10O. The minimum atomic E-state index is -3.02. The van der Waals surface area contributed by atoms with E-state index >= 15 is 4.39 Å². The molecule has 1 atom stereocenters. The van der Waals surface area contributed by atoms with Crippen molar-refractivity contribution >= 4 is 23.2 Å². The van der Waals surface area contributed by atoms with Gasteiger partial charge in [0.05, 0.1) is 28.0 Å². The molecule has 6 aromatic rings. The molecule has 218 valence electrons. The van der Waals surface area contributed by atoms with Gasteiger partial charge < -0.3 is 5.21 Å². The van der Waals surface area contributed by atoms with E-state index in [2.05, 4.69) is 30.9 Å². The number of hydrogen-bond donors (Lipinski definition) is 0. The maximum atomic E-state index is 15.3. The van der Waals surface area contributed by atoms with E-state index in [1.165, 1.54) is 64.5 Å². The fraction of sp³-hybridized carbons (Fsp3) is 0.115. The highest BCUT2D eigenvalue weighted by atomic mass is 35.5. The monoisotopic (exact) mass is 630 g/mol. The van der Waals surface area contributed by atoms with Crippen molar-refractivity contribution in [2.75, 3.05) is 0 Å². The zero-order valence-electron chi connectivity index (χ0n) is 21.4. The molecule has 0 bridgehead atoms. The van der Waals surface area contributed by atoms with Crippen molar-refractivity contribution in [2.24, 2.45) is 0 Å². The lowest BCUT2D eigenvalue weighted by Crippen LogP contribution is -2.36. The molecule has 43 heavy (non-hydrogen) atoms. The summed E-state index contributed by atoms with van der Waals surface area (Å²) in [4.78, 5) is 0. The highest BCUT2D eigenvalue weighted by molar-refractivity contribution is 6.31. The molecule has 0 aliphatic heterocycles. The van der Waals surface area contributed by atoms with Crippen molar-refractivity contribution in [3.8, 4) is 28.1 Å². The molecule has 0 spiro atoms. The molecule has 0 N–H and O–H groups in total. The molecule has 4 aromatic heterocycles. The lowest BCUT2D eigenvalue weighted by molar-refractivity contribution is -0.615. The van der Waals surface area contributed by atoms with E-state index in [1.807, 2.05) is 0 Å². The predicted molar refractivity (Wildman–Crippen MR) is 144 cm³/mol. The molecule has 11 nitrogen and oxygen atoms in total. The summed E-state index contributed by atoms with van der Waals surface area (Å²) in [6.45, 7) is -3.02. The first kappa shape index (κ1) is 28.2. The van der Waals surface area contributed by atoms with Crippen LogP contribution in [0.5, 0.6) is 0 Å². The molecular weight excluding hydrogens is 615 g/mol. The van der Waals surface area contributed by atoms with Crippen LogP contribution in [-0.4, -0.2) is 45.0 Å². The first-order valence-electron chi connectivity index (χ1n) is 12.3. The smallest absolute Gasteiger partial charge is 0.335 e. The number of rotatable bonds is 8. The fourth-order valence-corrected chi connectivity index (χ4v) is 5.03. The summed E-state index contributed by atoms with van der Waals surface area (Å²) in [6, 6.07) is 10.6. The van der Waals surface area contributed by atoms with Gasteiger partial charge in [-0.3, -0.25) is 4.68 Å². The van der Waals surface area contributed by atoms with Crippen LogP contribution in [0.1, 0.15) is 23.8 Å². The third kappa shape index (κ3) is 5.39. The average Bonchev–Trinajstić information content (AvgIpc) is 3.76. The van der Waals surface area contributed by atoms with Gasteiger partial charge in [-0.15, -0.1) is 10.2 Å². The first-order chi connectivity index (χ1) is 20.7. The standard InChI is InChI=1S/C26H16Cl2F4N10O/c27-18-6-8-20(40-13-33-36-38-40)22(23(18)30)15-3-7-19(41(43)12-15)21(9-14-1-4-17(29)5-2-14)39-11-16(10-34-39)24-25(28)35-37-42(24)26(31)32/h1-8,10-13,21,26H,9H2/t21-/m1/s1. The summed E-state index contributed by atoms with van der Waals surface area (Å²) in [7, 11) is 0. The van der Waals surface area contributed by atoms with Crippen LogP contribution >= 0.6 is 23.2 Å². The highest BCUT2D eigenvalue weighted by Crippen LogP contribution is 2.34. The minimum absolute atomic E-state index is 0.0187. The van der Waals surface area contributed by atoms with E-state index in [-0.39, 0.29) is 50.4 Å². The van der Waals surface area contributed by atoms with Gasteiger partial charge in [-0.05, 0) is 46.3 Å². The van der Waals surface area contributed by atoms with Crippen molar-refractivity contribution < 1.29 is 22.3 Å². The van der Waals surface area contributed by atoms with Gasteiger partial charge >= 0.3 is 6.55 Å². The number of alkyl halides is 2. The van der Waals surface area contributed by atoms with Crippen LogP contribution in [-0.2, 0) is 6.42 Å². The van der Waals surface area contributed by atoms with Gasteiger partial charge in [0.15, 0.2) is 17.2 Å². The Bertz CT molecular complexity index is 1910. The normalized spacial score (nSPS) is 12.3. The highest BCUT2D eigenvalue weighted by Gasteiger charge is 2.28. The number of aromatic nitrogens is 10. The zero-order valence-corrected chi connectivity index (χ0v) is 23.0. The Kier molecular flexibility index (Phi) is 7.50. The van der Waals surface area contributed by atoms with Crippen LogP contribution in [0.2, 0.25) is 10.2 Å². The van der Waals surface area contributed by atoms with E-state index in [0.29, 0.717) is 15.0 Å². The summed E-state index contributed by atoms with van der Waals surface area (Å²) < 4.78 is 59.5. The van der Waals surface area contributed by atoms with Crippen LogP contribution in [0.25, 0.3) is 28.1 Å². The lowest BCUT2D eigenvalue weighted by atomic mass is 10.00. The molecule has 6 rings (SSSR count). The molecule has 4 heterocycles. The average molecular weight is 631 g/mol. The number of hydrogen-bond acceptors (Lipinski definition) is 7. The van der Waals surface area contributed by atoms with Crippen molar-refractivity contribution in [3.63, 3.8) is 0 Å². The summed E-state index contributed by atoms with van der Waals surface area (Å²) >= 11 is 12.1. The molecule has 17 heteroatoms. The van der Waals surface area contributed by atoms with Crippen molar-refractivity contribution in [3.05, 3.63) is 112 Å². The van der Waals surface area contributed by atoms with Gasteiger partial charge in [-0.1, -0.05) is 40.5 Å². The Morgan fingerprint density at radius 2 is 1.74 bits per heavy atom. The van der Waals surface area contributed by atoms with E-state index in [1.54, 1.807) is 12.1 Å². The lowest BCUT2D eigenvalue weighted by Gasteiger charge is -2.18. The van der Waals surface area contributed by atoms with E-state index in [9.17, 15) is 18.4 Å². The molecule has 0 aliphatic rings. The number of halogens is 6. The largest absolute Gasteiger partial charge is 0.618 e. The quantitative estimate of drug-likeness (QED) is 0.128. The molecule has 0 unspecified atom stereocenters. The van der Waals surface area contributed by atoms with Crippen molar-refractivity contribution in [2.45, 2.75) is 19.0 Å². The molecule has 0 amide bonds. The van der Waals surface area contributed by atoms with E-state index < -0.39 is 24.2 Å². The number of nitrogens with zero attached hydrogens (tertiary/aromatic N) is 10. The van der Waals surface area contributed by atoms with Gasteiger partial charge in [0.25, 0.3) is 0 Å². The molecule has 0 saturated carbocycles. The van der Waals surface area contributed by atoms with Gasteiger partial charge in [-0.2, -0.15) is 28.0 Å². The van der Waals surface area contributed by atoms with Crippen molar-refractivity contribution in [1.82, 2.24) is 45.0 Å². The maximum absolute atomic E-state index is 15.3. The van der Waals surface area contributed by atoms with Crippen LogP contribution in [0.3, 0.4) is 0 Å². The third-order valence-corrected chi connectivity index (χ3v) is 7.16. The second-order valence-corrected chi connectivity index (χ2v) is 9.95. The van der Waals surface area contributed by atoms with Gasteiger partial charge in [0.2, 0.25) is 5.69 Å². The number of pyridine rings is 1. The summed E-state index contributed by atoms with van der Waals surface area (Å²) in [5.41, 5.74) is 1.19. The van der Waals surface area contributed by atoms with Crippen LogP contribution in [0.15, 0.2) is 73.4 Å². The maximum Gasteiger partial charge on any atom is 0.335 e. The SMILES string of the molecule is [O-][n+]1cc(-c2c(-n3cnnn3)ccc(Cl)c2F)ccc1[C@@H](Cc1ccc(F)cc1)n1cc(-c2c(Cl)nnn2C(F)F)cn1. The second-order valence-electron chi connectivity index (χ2n) is 9.18. The number of tetrazole rings is 1. The summed E-state index contributed by atoms with van der Waals surface area (Å²) in [6.07, 6.45) is 5.27. The Labute approximate surface area is 249 Å². The van der Waals surface area contributed by atoms with Gasteiger partial charge in [0.1, 0.15) is 23.9 Å². The number of benzene rings is 2. The summed E-state index contributed by atoms with van der Waals surface area (Å²) in [5, 5.41) is 35.3. The minimum Gasteiger partial charge on any atom is -0.618 e. The Hall–Kier alpha value is -4.89. The molecule has 2 aromatic carbocycles. The Morgan fingerprint density at radius 1 is 0.953 bits per heavy atom.